The maximum Gasteiger partial charge on any atom is 0.435 e. The molecule has 1 aromatic heterocycles. The standard InChI is InChI=1S/C19H17ClF4N6O3S/c20-12-2-1-3-14(6-12)30-15(8-17(29-30)19(22,23)24)10-26-18(31)28-13-5-4-11(16(21)7-13)9-27-34(25,32)33/h1-8,27H,9-10H2,(H2,25,32,33)(H2,26,28,31). The van der Waals surface area contributed by atoms with Crippen LogP contribution in [-0.2, 0) is 29.5 Å². The molecular weight excluding hydrogens is 504 g/mol. The molecule has 0 saturated carbocycles. The van der Waals surface area contributed by atoms with Crippen LogP contribution in [0.5, 0.6) is 0 Å². The second-order valence-corrected chi connectivity index (χ2v) is 8.71. The van der Waals surface area contributed by atoms with Gasteiger partial charge in [-0.05, 0) is 36.4 Å². The zero-order chi connectivity index (χ0) is 25.1. The number of nitrogens with two attached hydrogens (primary N) is 1. The van der Waals surface area contributed by atoms with Crippen molar-refractivity contribution in [3.05, 3.63) is 76.3 Å². The average molecular weight is 521 g/mol. The van der Waals surface area contributed by atoms with Crippen molar-refractivity contribution in [1.29, 1.82) is 0 Å². The van der Waals surface area contributed by atoms with E-state index in [1.54, 1.807) is 6.07 Å². The average Bonchev–Trinajstić information content (AvgIpc) is 3.16. The lowest BCUT2D eigenvalue weighted by Crippen LogP contribution is -2.30. The molecule has 0 atom stereocenters. The number of urea groups is 1. The van der Waals surface area contributed by atoms with Crippen LogP contribution >= 0.6 is 11.6 Å². The molecule has 0 aliphatic carbocycles. The number of carbonyl (C=O) groups is 1. The first kappa shape index (κ1) is 25.4. The van der Waals surface area contributed by atoms with E-state index in [9.17, 15) is 30.8 Å². The number of carbonyl (C=O) groups excluding carboxylic acids is 1. The van der Waals surface area contributed by atoms with Crippen molar-refractivity contribution in [3.8, 4) is 5.69 Å². The van der Waals surface area contributed by atoms with Crippen LogP contribution in [0.2, 0.25) is 5.02 Å². The van der Waals surface area contributed by atoms with Gasteiger partial charge in [-0.2, -0.15) is 31.4 Å². The van der Waals surface area contributed by atoms with Crippen molar-refractivity contribution in [2.75, 3.05) is 5.32 Å². The molecule has 0 fully saturated rings. The lowest BCUT2D eigenvalue weighted by molar-refractivity contribution is -0.141. The number of benzene rings is 2. The summed E-state index contributed by atoms with van der Waals surface area (Å²) in [6, 6.07) is 9.42. The van der Waals surface area contributed by atoms with Gasteiger partial charge in [0.15, 0.2) is 5.69 Å². The predicted octanol–water partition coefficient (Wildman–Crippen LogP) is 3.30. The third kappa shape index (κ3) is 6.90. The van der Waals surface area contributed by atoms with Gasteiger partial charge in [0, 0.05) is 22.8 Å². The minimum Gasteiger partial charge on any atom is -0.332 e. The quantitative estimate of drug-likeness (QED) is 0.356. The summed E-state index contributed by atoms with van der Waals surface area (Å²) in [5.41, 5.74) is -0.888. The van der Waals surface area contributed by atoms with E-state index < -0.39 is 40.5 Å². The molecule has 2 aromatic carbocycles. The second-order valence-electron chi connectivity index (χ2n) is 6.89. The Labute approximate surface area is 196 Å². The number of anilines is 1. The number of nitrogens with zero attached hydrogens (tertiary/aromatic N) is 2. The fourth-order valence-electron chi connectivity index (χ4n) is 2.81. The summed E-state index contributed by atoms with van der Waals surface area (Å²) in [5.74, 6) is -0.817. The minimum absolute atomic E-state index is 0.0142. The van der Waals surface area contributed by atoms with Gasteiger partial charge in [0.1, 0.15) is 5.82 Å². The number of nitrogens with one attached hydrogen (secondary N) is 3. The maximum atomic E-state index is 14.1. The van der Waals surface area contributed by atoms with Crippen molar-refractivity contribution in [1.82, 2.24) is 19.8 Å². The highest BCUT2D eigenvalue weighted by atomic mass is 35.5. The Kier molecular flexibility index (Phi) is 7.45. The van der Waals surface area contributed by atoms with E-state index in [0.717, 1.165) is 16.8 Å². The molecule has 34 heavy (non-hydrogen) atoms. The van der Waals surface area contributed by atoms with Gasteiger partial charge in [0.2, 0.25) is 0 Å². The van der Waals surface area contributed by atoms with E-state index in [2.05, 4.69) is 15.7 Å². The Morgan fingerprint density at radius 2 is 1.85 bits per heavy atom. The monoisotopic (exact) mass is 520 g/mol. The zero-order valence-electron chi connectivity index (χ0n) is 17.0. The van der Waals surface area contributed by atoms with Gasteiger partial charge in [0.25, 0.3) is 10.2 Å². The Hall–Kier alpha value is -3.20. The largest absolute Gasteiger partial charge is 0.435 e. The highest BCUT2D eigenvalue weighted by Gasteiger charge is 2.35. The molecule has 0 saturated heterocycles. The third-order valence-electron chi connectivity index (χ3n) is 4.33. The summed E-state index contributed by atoms with van der Waals surface area (Å²) in [7, 11) is -4.02. The number of halogens is 5. The van der Waals surface area contributed by atoms with Crippen LogP contribution in [0.25, 0.3) is 5.69 Å². The van der Waals surface area contributed by atoms with E-state index in [-0.39, 0.29) is 34.2 Å². The van der Waals surface area contributed by atoms with Crippen LogP contribution in [0.4, 0.5) is 28.0 Å². The summed E-state index contributed by atoms with van der Waals surface area (Å²) in [6.45, 7) is -0.744. The van der Waals surface area contributed by atoms with Crippen LogP contribution in [0.1, 0.15) is 17.0 Å². The topological polar surface area (TPSA) is 131 Å². The highest BCUT2D eigenvalue weighted by Crippen LogP contribution is 2.30. The summed E-state index contributed by atoms with van der Waals surface area (Å²) in [4.78, 5) is 12.2. The molecule has 2 amide bonds. The van der Waals surface area contributed by atoms with Crippen LogP contribution < -0.4 is 20.5 Å². The molecule has 182 valence electrons. The van der Waals surface area contributed by atoms with Crippen molar-refractivity contribution < 1.29 is 30.8 Å². The van der Waals surface area contributed by atoms with Crippen molar-refractivity contribution in [3.63, 3.8) is 0 Å². The van der Waals surface area contributed by atoms with Gasteiger partial charge in [-0.25, -0.2) is 19.0 Å². The van der Waals surface area contributed by atoms with Crippen LogP contribution in [0.15, 0.2) is 48.5 Å². The second kappa shape index (κ2) is 9.97. The number of hydrogen-bond acceptors (Lipinski definition) is 4. The van der Waals surface area contributed by atoms with Crippen LogP contribution in [0.3, 0.4) is 0 Å². The molecule has 3 rings (SSSR count). The molecule has 0 spiro atoms. The molecule has 9 nitrogen and oxygen atoms in total. The Bertz CT molecular complexity index is 1310. The zero-order valence-corrected chi connectivity index (χ0v) is 18.6. The molecule has 0 aliphatic rings. The number of amides is 2. The van der Waals surface area contributed by atoms with E-state index in [0.29, 0.717) is 0 Å². The molecule has 15 heteroatoms. The van der Waals surface area contributed by atoms with Gasteiger partial charge in [-0.3, -0.25) is 0 Å². The van der Waals surface area contributed by atoms with E-state index >= 15 is 0 Å². The third-order valence-corrected chi connectivity index (χ3v) is 5.11. The van der Waals surface area contributed by atoms with Gasteiger partial charge in [0.05, 0.1) is 17.9 Å². The van der Waals surface area contributed by atoms with Gasteiger partial charge < -0.3 is 10.6 Å². The molecular formula is C19H17ClF4N6O3S. The lowest BCUT2D eigenvalue weighted by Gasteiger charge is -2.11. The Morgan fingerprint density at radius 3 is 2.47 bits per heavy atom. The molecule has 0 bridgehead atoms. The van der Waals surface area contributed by atoms with Crippen molar-refractivity contribution >= 4 is 33.5 Å². The van der Waals surface area contributed by atoms with Crippen molar-refractivity contribution in [2.24, 2.45) is 5.14 Å². The number of hydrogen-bond donors (Lipinski definition) is 4. The van der Waals surface area contributed by atoms with Crippen LogP contribution in [-0.4, -0.2) is 24.2 Å². The summed E-state index contributed by atoms with van der Waals surface area (Å²) in [5, 5.41) is 13.3. The maximum absolute atomic E-state index is 14.1. The molecule has 0 unspecified atom stereocenters. The molecule has 0 aliphatic heterocycles. The predicted molar refractivity (Wildman–Crippen MR) is 116 cm³/mol. The normalized spacial score (nSPS) is 11.9. The fourth-order valence-corrected chi connectivity index (χ4v) is 3.35. The fraction of sp³-hybridized carbons (Fsp3) is 0.158. The van der Waals surface area contributed by atoms with Gasteiger partial charge in [-0.1, -0.05) is 23.7 Å². The number of aromatic nitrogens is 2. The number of alkyl halides is 3. The molecule has 0 radical (unpaired) electrons. The lowest BCUT2D eigenvalue weighted by atomic mass is 10.2. The van der Waals surface area contributed by atoms with E-state index in [1.165, 1.54) is 30.3 Å². The summed E-state index contributed by atoms with van der Waals surface area (Å²) in [6.07, 6.45) is -4.71. The molecule has 1 heterocycles. The smallest absolute Gasteiger partial charge is 0.332 e. The summed E-state index contributed by atoms with van der Waals surface area (Å²) >= 11 is 5.91. The minimum atomic E-state index is -4.71. The Balaban J connectivity index is 1.71. The first-order valence-corrected chi connectivity index (χ1v) is 11.3. The first-order chi connectivity index (χ1) is 15.8. The SMILES string of the molecule is NS(=O)(=O)NCc1ccc(NC(=O)NCc2cc(C(F)(F)F)nn2-c2cccc(Cl)c2)cc1F. The molecule has 5 N–H and O–H groups in total. The Morgan fingerprint density at radius 1 is 1.12 bits per heavy atom. The first-order valence-electron chi connectivity index (χ1n) is 9.34. The highest BCUT2D eigenvalue weighted by molar-refractivity contribution is 7.87. The van der Waals surface area contributed by atoms with Gasteiger partial charge in [-0.15, -0.1) is 0 Å². The van der Waals surface area contributed by atoms with Crippen molar-refractivity contribution in [2.45, 2.75) is 19.3 Å². The van der Waals surface area contributed by atoms with E-state index in [4.69, 9.17) is 16.7 Å². The van der Waals surface area contributed by atoms with Crippen LogP contribution in [0, 0.1) is 5.82 Å². The van der Waals surface area contributed by atoms with E-state index in [1.807, 2.05) is 4.72 Å². The summed E-state index contributed by atoms with van der Waals surface area (Å²) < 4.78 is 78.4. The van der Waals surface area contributed by atoms with Gasteiger partial charge >= 0.3 is 12.2 Å². The molecule has 3 aromatic rings. The number of rotatable bonds is 7.